The Balaban J connectivity index is 1.64. The fourth-order valence-electron chi connectivity index (χ4n) is 3.94. The molecule has 2 aromatic rings. The Morgan fingerprint density at radius 3 is 2.62 bits per heavy atom. The number of amides is 1. The lowest BCUT2D eigenvalue weighted by Gasteiger charge is -2.42. The summed E-state index contributed by atoms with van der Waals surface area (Å²) in [6.45, 7) is 5.82. The first-order valence-electron chi connectivity index (χ1n) is 9.23. The van der Waals surface area contributed by atoms with Crippen molar-refractivity contribution in [3.63, 3.8) is 0 Å². The number of aryl methyl sites for hydroxylation is 1. The number of nitrogens with zero attached hydrogens (tertiary/aromatic N) is 4. The van der Waals surface area contributed by atoms with Crippen molar-refractivity contribution in [2.75, 3.05) is 32.8 Å². The van der Waals surface area contributed by atoms with Gasteiger partial charge in [-0.1, -0.05) is 35.5 Å². The van der Waals surface area contributed by atoms with Crippen LogP contribution in [0.2, 0.25) is 0 Å². The number of likely N-dealkylation sites (tertiary alicyclic amines) is 1. The molecule has 0 saturated carbocycles. The Bertz CT molecular complexity index is 742. The average Bonchev–Trinajstić information content (AvgIpc) is 3.33. The van der Waals surface area contributed by atoms with Crippen LogP contribution in [0.25, 0.3) is 0 Å². The van der Waals surface area contributed by atoms with E-state index < -0.39 is 0 Å². The van der Waals surface area contributed by atoms with Crippen molar-refractivity contribution < 1.29 is 14.2 Å². The van der Waals surface area contributed by atoms with E-state index in [2.05, 4.69) is 27.3 Å². The maximum absolute atomic E-state index is 13.1. The fourth-order valence-corrected chi connectivity index (χ4v) is 3.94. The number of ether oxygens (including phenoxy) is 1. The minimum atomic E-state index is -0.146. The molecule has 26 heavy (non-hydrogen) atoms. The Morgan fingerprint density at radius 1 is 1.15 bits per heavy atom. The second-order valence-corrected chi connectivity index (χ2v) is 6.97. The molecule has 2 atom stereocenters. The summed E-state index contributed by atoms with van der Waals surface area (Å²) in [7, 11) is 0. The largest absolute Gasteiger partial charge is 0.373 e. The van der Waals surface area contributed by atoms with E-state index in [1.54, 1.807) is 6.92 Å². The van der Waals surface area contributed by atoms with Gasteiger partial charge in [-0.2, -0.15) is 0 Å². The molecule has 0 N–H and O–H groups in total. The molecule has 2 fully saturated rings. The van der Waals surface area contributed by atoms with Crippen LogP contribution in [0.1, 0.15) is 40.6 Å². The van der Waals surface area contributed by atoms with E-state index in [1.165, 1.54) is 12.8 Å². The number of carbonyl (C=O) groups is 1. The minimum absolute atomic E-state index is 0.0617. The number of aromatic nitrogens is 2. The smallest absolute Gasteiger partial charge is 0.278 e. The third-order valence-electron chi connectivity index (χ3n) is 5.25. The number of hydrogen-bond donors (Lipinski definition) is 0. The highest BCUT2D eigenvalue weighted by molar-refractivity contribution is 5.93. The van der Waals surface area contributed by atoms with Crippen LogP contribution in [0, 0.1) is 6.92 Å². The predicted octanol–water partition coefficient (Wildman–Crippen LogP) is 2.06. The van der Waals surface area contributed by atoms with Gasteiger partial charge in [0.15, 0.2) is 5.69 Å². The highest BCUT2D eigenvalue weighted by Crippen LogP contribution is 2.32. The standard InChI is InChI=1S/C19H24N4O3/c1-14-17(21-26-20-14)19(24)23-11-12-25-16(13-22-9-5-6-10-22)18(23)15-7-3-2-4-8-15/h2-4,7-8,16,18H,5-6,9-13H2,1H3/t16-,18-/m0/s1. The second-order valence-electron chi connectivity index (χ2n) is 6.97. The number of rotatable bonds is 4. The van der Waals surface area contributed by atoms with Gasteiger partial charge >= 0.3 is 0 Å². The summed E-state index contributed by atoms with van der Waals surface area (Å²) < 4.78 is 10.9. The van der Waals surface area contributed by atoms with Gasteiger partial charge < -0.3 is 14.5 Å². The molecule has 7 nitrogen and oxygen atoms in total. The predicted molar refractivity (Wildman–Crippen MR) is 94.7 cm³/mol. The second kappa shape index (κ2) is 7.55. The van der Waals surface area contributed by atoms with Crippen LogP contribution in [-0.4, -0.2) is 64.9 Å². The van der Waals surface area contributed by atoms with Gasteiger partial charge in [0, 0.05) is 13.1 Å². The summed E-state index contributed by atoms with van der Waals surface area (Å²) in [5.41, 5.74) is 1.89. The lowest BCUT2D eigenvalue weighted by molar-refractivity contribution is -0.0709. The summed E-state index contributed by atoms with van der Waals surface area (Å²) in [6, 6.07) is 9.97. The van der Waals surface area contributed by atoms with Crippen molar-refractivity contribution in [2.45, 2.75) is 31.9 Å². The number of morpholine rings is 1. The van der Waals surface area contributed by atoms with Crippen LogP contribution in [0.15, 0.2) is 35.0 Å². The molecular weight excluding hydrogens is 332 g/mol. The molecule has 3 heterocycles. The Hall–Kier alpha value is -2.25. The van der Waals surface area contributed by atoms with E-state index in [9.17, 15) is 4.79 Å². The van der Waals surface area contributed by atoms with Crippen LogP contribution in [0.4, 0.5) is 0 Å². The van der Waals surface area contributed by atoms with Crippen LogP contribution in [0.3, 0.4) is 0 Å². The van der Waals surface area contributed by atoms with Crippen molar-refractivity contribution in [2.24, 2.45) is 0 Å². The van der Waals surface area contributed by atoms with Crippen LogP contribution >= 0.6 is 0 Å². The third-order valence-corrected chi connectivity index (χ3v) is 5.25. The molecule has 0 spiro atoms. The Labute approximate surface area is 152 Å². The zero-order chi connectivity index (χ0) is 17.9. The van der Waals surface area contributed by atoms with Crippen LogP contribution in [0.5, 0.6) is 0 Å². The van der Waals surface area contributed by atoms with Gasteiger partial charge in [-0.25, -0.2) is 4.63 Å². The third kappa shape index (κ3) is 3.37. The molecule has 0 bridgehead atoms. The highest BCUT2D eigenvalue weighted by atomic mass is 16.6. The molecule has 1 aromatic heterocycles. The molecule has 7 heteroatoms. The summed E-state index contributed by atoms with van der Waals surface area (Å²) in [4.78, 5) is 17.4. The molecule has 4 rings (SSSR count). The van der Waals surface area contributed by atoms with Crippen molar-refractivity contribution in [3.05, 3.63) is 47.3 Å². The summed E-state index contributed by atoms with van der Waals surface area (Å²) in [5.74, 6) is -0.146. The fraction of sp³-hybridized carbons (Fsp3) is 0.526. The molecule has 0 radical (unpaired) electrons. The Morgan fingerprint density at radius 2 is 1.92 bits per heavy atom. The zero-order valence-corrected chi connectivity index (χ0v) is 15.0. The molecule has 2 saturated heterocycles. The molecule has 1 aromatic carbocycles. The molecule has 138 valence electrons. The maximum Gasteiger partial charge on any atom is 0.278 e. The van der Waals surface area contributed by atoms with Crippen LogP contribution < -0.4 is 0 Å². The van der Waals surface area contributed by atoms with Gasteiger partial charge in [-0.05, 0) is 43.6 Å². The van der Waals surface area contributed by atoms with Crippen molar-refractivity contribution in [3.8, 4) is 0 Å². The van der Waals surface area contributed by atoms with Gasteiger partial charge in [0.25, 0.3) is 5.91 Å². The SMILES string of the molecule is Cc1nonc1C(=O)N1CCO[C@@H](CN2CCCC2)[C@@H]1c1ccccc1. The lowest BCUT2D eigenvalue weighted by Crippen LogP contribution is -2.51. The summed E-state index contributed by atoms with van der Waals surface area (Å²) >= 11 is 0. The van der Waals surface area contributed by atoms with Gasteiger partial charge in [0.2, 0.25) is 0 Å². The van der Waals surface area contributed by atoms with Crippen molar-refractivity contribution >= 4 is 5.91 Å². The van der Waals surface area contributed by atoms with Crippen LogP contribution in [-0.2, 0) is 4.74 Å². The van der Waals surface area contributed by atoms with E-state index >= 15 is 0 Å². The van der Waals surface area contributed by atoms with Crippen molar-refractivity contribution in [1.82, 2.24) is 20.1 Å². The number of carbonyl (C=O) groups excluding carboxylic acids is 1. The quantitative estimate of drug-likeness (QED) is 0.835. The maximum atomic E-state index is 13.1. The molecule has 0 unspecified atom stereocenters. The molecule has 0 aliphatic carbocycles. The van der Waals surface area contributed by atoms with Crippen molar-refractivity contribution in [1.29, 1.82) is 0 Å². The monoisotopic (exact) mass is 356 g/mol. The van der Waals surface area contributed by atoms with E-state index in [1.807, 2.05) is 23.1 Å². The lowest BCUT2D eigenvalue weighted by atomic mass is 9.97. The van der Waals surface area contributed by atoms with Gasteiger partial charge in [-0.3, -0.25) is 4.79 Å². The van der Waals surface area contributed by atoms with Gasteiger partial charge in [0.1, 0.15) is 5.69 Å². The Kier molecular flexibility index (Phi) is 4.99. The molecule has 2 aliphatic heterocycles. The van der Waals surface area contributed by atoms with E-state index in [-0.39, 0.29) is 23.7 Å². The van der Waals surface area contributed by atoms with Gasteiger partial charge in [0.05, 0.1) is 18.8 Å². The molecular formula is C19H24N4O3. The highest BCUT2D eigenvalue weighted by Gasteiger charge is 2.39. The topological polar surface area (TPSA) is 71.7 Å². The first-order chi connectivity index (χ1) is 12.7. The normalized spacial score (nSPS) is 24.1. The zero-order valence-electron chi connectivity index (χ0n) is 15.0. The summed E-state index contributed by atoms with van der Waals surface area (Å²) in [5, 5.41) is 7.58. The van der Waals surface area contributed by atoms with E-state index in [0.29, 0.717) is 18.8 Å². The van der Waals surface area contributed by atoms with E-state index in [0.717, 1.165) is 25.2 Å². The van der Waals surface area contributed by atoms with E-state index in [4.69, 9.17) is 9.37 Å². The average molecular weight is 356 g/mol. The minimum Gasteiger partial charge on any atom is -0.373 e. The first kappa shape index (κ1) is 17.2. The number of hydrogen-bond acceptors (Lipinski definition) is 6. The number of benzene rings is 1. The first-order valence-corrected chi connectivity index (χ1v) is 9.23. The van der Waals surface area contributed by atoms with Gasteiger partial charge in [-0.15, -0.1) is 0 Å². The molecule has 1 amide bonds. The molecule has 2 aliphatic rings. The summed E-state index contributed by atoms with van der Waals surface area (Å²) in [6.07, 6.45) is 2.40.